The molecule has 26 heavy (non-hydrogen) atoms. The fourth-order valence-electron chi connectivity index (χ4n) is 3.06. The van der Waals surface area contributed by atoms with Crippen LogP contribution in [-0.4, -0.2) is 29.1 Å². The maximum absolute atomic E-state index is 4.94. The lowest BCUT2D eigenvalue weighted by molar-refractivity contribution is 0.293. The van der Waals surface area contributed by atoms with E-state index in [1.165, 1.54) is 16.1 Å². The number of nitrogens with zero attached hydrogens (tertiary/aromatic N) is 3. The first kappa shape index (κ1) is 19.1. The standard InChI is InChI=1S/C21H27N3S2/c1-4-23(5-2)12-8-13-24-19(20-11-7-14-25-20)16-26-21(24)22-18-10-6-9-17(3)15-18/h6-7,9-11,14-16H,4-5,8,12-13H2,1-3H3. The van der Waals surface area contributed by atoms with Crippen molar-refractivity contribution in [1.29, 1.82) is 0 Å². The quantitative estimate of drug-likeness (QED) is 0.498. The van der Waals surface area contributed by atoms with Gasteiger partial charge in [0.05, 0.1) is 16.3 Å². The Hall–Kier alpha value is -1.69. The van der Waals surface area contributed by atoms with E-state index >= 15 is 0 Å². The van der Waals surface area contributed by atoms with Gasteiger partial charge in [-0.15, -0.1) is 22.7 Å². The zero-order valence-corrected chi connectivity index (χ0v) is 17.4. The van der Waals surface area contributed by atoms with Gasteiger partial charge >= 0.3 is 0 Å². The zero-order chi connectivity index (χ0) is 18.4. The summed E-state index contributed by atoms with van der Waals surface area (Å²) in [6.45, 7) is 10.9. The molecule has 0 fully saturated rings. The van der Waals surface area contributed by atoms with Crippen molar-refractivity contribution in [3.63, 3.8) is 0 Å². The molecule has 0 atom stereocenters. The summed E-state index contributed by atoms with van der Waals surface area (Å²) in [5.41, 5.74) is 3.56. The molecule has 3 aromatic rings. The lowest BCUT2D eigenvalue weighted by Crippen LogP contribution is -2.26. The van der Waals surface area contributed by atoms with E-state index in [1.807, 2.05) is 0 Å². The summed E-state index contributed by atoms with van der Waals surface area (Å²) in [4.78, 5) is 9.82. The van der Waals surface area contributed by atoms with E-state index in [9.17, 15) is 0 Å². The molecular formula is C21H27N3S2. The molecule has 5 heteroatoms. The summed E-state index contributed by atoms with van der Waals surface area (Å²) >= 11 is 3.53. The van der Waals surface area contributed by atoms with Gasteiger partial charge < -0.3 is 9.47 Å². The summed E-state index contributed by atoms with van der Waals surface area (Å²) in [6, 6.07) is 12.7. The minimum atomic E-state index is 0.998. The van der Waals surface area contributed by atoms with E-state index in [2.05, 4.69) is 77.4 Å². The van der Waals surface area contributed by atoms with Crippen LogP contribution in [0.25, 0.3) is 10.6 Å². The molecule has 0 spiro atoms. The van der Waals surface area contributed by atoms with E-state index in [0.29, 0.717) is 0 Å². The van der Waals surface area contributed by atoms with Crippen molar-refractivity contribution in [1.82, 2.24) is 9.47 Å². The average Bonchev–Trinajstić information content (AvgIpc) is 3.29. The van der Waals surface area contributed by atoms with Gasteiger partial charge in [0, 0.05) is 11.9 Å². The maximum Gasteiger partial charge on any atom is 0.190 e. The Morgan fingerprint density at radius 2 is 1.92 bits per heavy atom. The van der Waals surface area contributed by atoms with Crippen LogP contribution in [0.1, 0.15) is 25.8 Å². The highest BCUT2D eigenvalue weighted by molar-refractivity contribution is 7.14. The molecule has 2 heterocycles. The van der Waals surface area contributed by atoms with Crippen LogP contribution in [0.2, 0.25) is 0 Å². The van der Waals surface area contributed by atoms with Crippen LogP contribution in [0, 0.1) is 6.92 Å². The highest BCUT2D eigenvalue weighted by Gasteiger charge is 2.10. The summed E-state index contributed by atoms with van der Waals surface area (Å²) in [6.07, 6.45) is 1.14. The lowest BCUT2D eigenvalue weighted by atomic mass is 10.2. The lowest BCUT2D eigenvalue weighted by Gasteiger charge is -2.18. The molecule has 0 unspecified atom stereocenters. The molecule has 2 aromatic heterocycles. The normalized spacial score (nSPS) is 12.2. The molecule has 3 nitrogen and oxygen atoms in total. The number of benzene rings is 1. The zero-order valence-electron chi connectivity index (χ0n) is 15.8. The van der Waals surface area contributed by atoms with Crippen molar-refractivity contribution >= 4 is 28.4 Å². The van der Waals surface area contributed by atoms with E-state index in [4.69, 9.17) is 4.99 Å². The third-order valence-corrected chi connectivity index (χ3v) is 6.30. The first-order valence-corrected chi connectivity index (χ1v) is 11.0. The monoisotopic (exact) mass is 385 g/mol. The summed E-state index contributed by atoms with van der Waals surface area (Å²) in [5, 5.41) is 4.39. The molecule has 0 saturated carbocycles. The van der Waals surface area contributed by atoms with Crippen molar-refractivity contribution in [2.45, 2.75) is 33.7 Å². The Morgan fingerprint density at radius 3 is 2.62 bits per heavy atom. The first-order chi connectivity index (χ1) is 12.7. The number of hydrogen-bond acceptors (Lipinski definition) is 4. The number of aromatic nitrogens is 1. The molecule has 138 valence electrons. The Bertz CT molecular complexity index is 871. The Balaban J connectivity index is 1.92. The highest BCUT2D eigenvalue weighted by Crippen LogP contribution is 2.26. The first-order valence-electron chi connectivity index (χ1n) is 9.27. The number of hydrogen-bond donors (Lipinski definition) is 0. The van der Waals surface area contributed by atoms with Crippen LogP contribution >= 0.6 is 22.7 Å². The van der Waals surface area contributed by atoms with E-state index < -0.39 is 0 Å². The molecule has 0 radical (unpaired) electrons. The van der Waals surface area contributed by atoms with E-state index in [1.54, 1.807) is 22.7 Å². The van der Waals surface area contributed by atoms with Gasteiger partial charge in [-0.2, -0.15) is 0 Å². The summed E-state index contributed by atoms with van der Waals surface area (Å²) in [7, 11) is 0. The molecule has 0 amide bonds. The van der Waals surface area contributed by atoms with Gasteiger partial charge in [-0.25, -0.2) is 4.99 Å². The molecule has 0 aliphatic heterocycles. The van der Waals surface area contributed by atoms with Gasteiger partial charge in [-0.3, -0.25) is 0 Å². The average molecular weight is 386 g/mol. The van der Waals surface area contributed by atoms with Gasteiger partial charge in [0.25, 0.3) is 0 Å². The van der Waals surface area contributed by atoms with Gasteiger partial charge in [0.15, 0.2) is 4.80 Å². The number of aryl methyl sites for hydroxylation is 1. The second-order valence-electron chi connectivity index (χ2n) is 6.36. The molecular weight excluding hydrogens is 358 g/mol. The topological polar surface area (TPSA) is 20.5 Å². The molecule has 0 aliphatic rings. The third kappa shape index (κ3) is 4.72. The predicted octanol–water partition coefficient (Wildman–Crippen LogP) is 5.55. The predicted molar refractivity (Wildman–Crippen MR) is 114 cm³/mol. The Labute approximate surface area is 164 Å². The van der Waals surface area contributed by atoms with Gasteiger partial charge in [-0.05, 0) is 62.1 Å². The minimum Gasteiger partial charge on any atom is -0.316 e. The van der Waals surface area contributed by atoms with Crippen LogP contribution in [-0.2, 0) is 6.54 Å². The van der Waals surface area contributed by atoms with Crippen molar-refractivity contribution in [3.05, 3.63) is 57.5 Å². The minimum absolute atomic E-state index is 0.998. The number of thiophene rings is 1. The summed E-state index contributed by atoms with van der Waals surface area (Å²) in [5.74, 6) is 0. The van der Waals surface area contributed by atoms with Crippen LogP contribution in [0.4, 0.5) is 5.69 Å². The van der Waals surface area contributed by atoms with Crippen LogP contribution in [0.15, 0.2) is 52.2 Å². The fraction of sp³-hybridized carbons (Fsp3) is 0.381. The van der Waals surface area contributed by atoms with Gasteiger partial charge in [0.2, 0.25) is 0 Å². The number of thiazole rings is 1. The smallest absolute Gasteiger partial charge is 0.190 e. The van der Waals surface area contributed by atoms with Crippen LogP contribution in [0.5, 0.6) is 0 Å². The van der Waals surface area contributed by atoms with Crippen LogP contribution in [0.3, 0.4) is 0 Å². The second kappa shape index (κ2) is 9.31. The van der Waals surface area contributed by atoms with Crippen LogP contribution < -0.4 is 4.80 Å². The van der Waals surface area contributed by atoms with Crippen molar-refractivity contribution in [2.24, 2.45) is 4.99 Å². The highest BCUT2D eigenvalue weighted by atomic mass is 32.1. The second-order valence-corrected chi connectivity index (χ2v) is 8.15. The Morgan fingerprint density at radius 1 is 1.08 bits per heavy atom. The van der Waals surface area contributed by atoms with Crippen molar-refractivity contribution in [3.8, 4) is 10.6 Å². The van der Waals surface area contributed by atoms with E-state index in [-0.39, 0.29) is 0 Å². The van der Waals surface area contributed by atoms with Crippen molar-refractivity contribution in [2.75, 3.05) is 19.6 Å². The molecule has 3 rings (SSSR count). The molecule has 0 saturated heterocycles. The third-order valence-electron chi connectivity index (χ3n) is 4.55. The van der Waals surface area contributed by atoms with E-state index in [0.717, 1.165) is 43.1 Å². The summed E-state index contributed by atoms with van der Waals surface area (Å²) < 4.78 is 2.39. The molecule has 1 aromatic carbocycles. The van der Waals surface area contributed by atoms with Gasteiger partial charge in [-0.1, -0.05) is 32.0 Å². The largest absolute Gasteiger partial charge is 0.316 e. The maximum atomic E-state index is 4.94. The molecule has 0 bridgehead atoms. The molecule has 0 aliphatic carbocycles. The number of rotatable bonds is 8. The Kier molecular flexibility index (Phi) is 6.83. The van der Waals surface area contributed by atoms with Crippen molar-refractivity contribution < 1.29 is 0 Å². The fourth-order valence-corrected chi connectivity index (χ4v) is 4.83. The SMILES string of the molecule is CCN(CC)CCCn1c(-c2cccs2)csc1=Nc1cccc(C)c1. The molecule has 0 N–H and O–H groups in total. The van der Waals surface area contributed by atoms with Gasteiger partial charge in [0.1, 0.15) is 0 Å².